The summed E-state index contributed by atoms with van der Waals surface area (Å²) in [5.41, 5.74) is 3.54. The first-order chi connectivity index (χ1) is 9.67. The third kappa shape index (κ3) is 3.35. The minimum absolute atomic E-state index is 0.466. The fraction of sp³-hybridized carbons (Fsp3) is 0.588. The van der Waals surface area contributed by atoms with Crippen molar-refractivity contribution in [3.8, 4) is 0 Å². The molecule has 0 radical (unpaired) electrons. The van der Waals surface area contributed by atoms with Gasteiger partial charge in [0.15, 0.2) is 0 Å². The van der Waals surface area contributed by atoms with Crippen molar-refractivity contribution in [3.63, 3.8) is 0 Å². The molecule has 1 aromatic carbocycles. The summed E-state index contributed by atoms with van der Waals surface area (Å²) in [6, 6.07) is 6.94. The Morgan fingerprint density at radius 3 is 2.75 bits per heavy atom. The van der Waals surface area contributed by atoms with Crippen LogP contribution < -0.4 is 0 Å². The van der Waals surface area contributed by atoms with Crippen molar-refractivity contribution in [2.24, 2.45) is 0 Å². The average Bonchev–Trinajstić information content (AvgIpc) is 2.80. The number of halogens is 1. The van der Waals surface area contributed by atoms with Gasteiger partial charge in [0.1, 0.15) is 5.82 Å². The molecule has 0 aliphatic rings. The number of fused-ring (bicyclic) bond motifs is 1. The van der Waals surface area contributed by atoms with E-state index in [1.807, 2.05) is 0 Å². The van der Waals surface area contributed by atoms with Crippen molar-refractivity contribution in [3.05, 3.63) is 29.6 Å². The predicted molar refractivity (Wildman–Crippen MR) is 87.5 cm³/mol. The highest BCUT2D eigenvalue weighted by Gasteiger charge is 2.15. The van der Waals surface area contributed by atoms with Crippen LogP contribution in [-0.4, -0.2) is 9.55 Å². The molecule has 2 aromatic rings. The van der Waals surface area contributed by atoms with Crippen molar-refractivity contribution < 1.29 is 0 Å². The maximum Gasteiger partial charge on any atom is 0.125 e. The number of aryl methyl sites for hydroxylation is 1. The number of hydrogen-bond donors (Lipinski definition) is 0. The van der Waals surface area contributed by atoms with Crippen molar-refractivity contribution in [2.75, 3.05) is 0 Å². The standard InChI is InChI=1S/C17H25ClN2/c1-4-5-6-7-8-14(3)20-16-10-9-13(2)11-15(16)19-17(20)12-18/h9-11,14H,4-8,12H2,1-3H3. The van der Waals surface area contributed by atoms with E-state index in [0.29, 0.717) is 11.9 Å². The number of benzene rings is 1. The normalized spacial score (nSPS) is 13.0. The van der Waals surface area contributed by atoms with Crippen LogP contribution >= 0.6 is 11.6 Å². The Morgan fingerprint density at radius 2 is 2.05 bits per heavy atom. The van der Waals surface area contributed by atoms with Crippen LogP contribution in [0.15, 0.2) is 18.2 Å². The van der Waals surface area contributed by atoms with E-state index < -0.39 is 0 Å². The molecule has 0 amide bonds. The Balaban J connectivity index is 2.22. The number of rotatable bonds is 7. The zero-order valence-electron chi connectivity index (χ0n) is 12.8. The molecular formula is C17H25ClN2. The van der Waals surface area contributed by atoms with Gasteiger partial charge in [-0.1, -0.05) is 38.7 Å². The first-order valence-corrected chi connectivity index (χ1v) is 8.24. The van der Waals surface area contributed by atoms with Crippen LogP contribution in [0.4, 0.5) is 0 Å². The highest BCUT2D eigenvalue weighted by molar-refractivity contribution is 6.16. The van der Waals surface area contributed by atoms with E-state index in [1.54, 1.807) is 0 Å². The molecule has 3 heteroatoms. The van der Waals surface area contributed by atoms with E-state index in [0.717, 1.165) is 11.3 Å². The van der Waals surface area contributed by atoms with Gasteiger partial charge in [-0.05, 0) is 38.0 Å². The Hall–Kier alpha value is -1.02. The lowest BCUT2D eigenvalue weighted by Gasteiger charge is -2.17. The average molecular weight is 293 g/mol. The summed E-state index contributed by atoms with van der Waals surface area (Å²) in [5, 5.41) is 0. The lowest BCUT2D eigenvalue weighted by molar-refractivity contribution is 0.473. The molecule has 1 unspecified atom stereocenters. The van der Waals surface area contributed by atoms with Crippen LogP contribution in [0.2, 0.25) is 0 Å². The topological polar surface area (TPSA) is 17.8 Å². The molecule has 0 saturated carbocycles. The van der Waals surface area contributed by atoms with Crippen molar-refractivity contribution in [1.82, 2.24) is 9.55 Å². The molecular weight excluding hydrogens is 268 g/mol. The molecule has 1 atom stereocenters. The summed E-state index contributed by atoms with van der Waals surface area (Å²) in [4.78, 5) is 4.69. The molecule has 0 spiro atoms. The van der Waals surface area contributed by atoms with Gasteiger partial charge in [-0.2, -0.15) is 0 Å². The van der Waals surface area contributed by atoms with Gasteiger partial charge in [-0.15, -0.1) is 11.6 Å². The first kappa shape index (κ1) is 15.4. The molecule has 0 fully saturated rings. The van der Waals surface area contributed by atoms with E-state index in [9.17, 15) is 0 Å². The fourth-order valence-electron chi connectivity index (χ4n) is 2.84. The number of hydrogen-bond acceptors (Lipinski definition) is 1. The molecule has 1 heterocycles. The number of aromatic nitrogens is 2. The molecule has 1 aromatic heterocycles. The van der Waals surface area contributed by atoms with Crippen molar-refractivity contribution in [1.29, 1.82) is 0 Å². The van der Waals surface area contributed by atoms with Gasteiger partial charge in [-0.25, -0.2) is 4.98 Å². The third-order valence-corrected chi connectivity index (χ3v) is 4.19. The molecule has 0 bridgehead atoms. The van der Waals surface area contributed by atoms with Gasteiger partial charge in [-0.3, -0.25) is 0 Å². The van der Waals surface area contributed by atoms with Crippen LogP contribution in [0.3, 0.4) is 0 Å². The lowest BCUT2D eigenvalue weighted by atomic mass is 10.1. The van der Waals surface area contributed by atoms with E-state index in [1.165, 1.54) is 43.2 Å². The first-order valence-electron chi connectivity index (χ1n) is 7.70. The molecule has 0 aliphatic carbocycles. The number of nitrogens with zero attached hydrogens (tertiary/aromatic N) is 2. The van der Waals surface area contributed by atoms with Crippen LogP contribution in [-0.2, 0) is 5.88 Å². The second kappa shape index (κ2) is 7.12. The highest BCUT2D eigenvalue weighted by atomic mass is 35.5. The maximum absolute atomic E-state index is 6.09. The molecule has 2 rings (SSSR count). The summed E-state index contributed by atoms with van der Waals surface area (Å²) in [6.07, 6.45) is 6.42. The summed E-state index contributed by atoms with van der Waals surface area (Å²) >= 11 is 6.09. The second-order valence-corrected chi connectivity index (χ2v) is 5.99. The third-order valence-electron chi connectivity index (χ3n) is 3.95. The minimum Gasteiger partial charge on any atom is -0.324 e. The van der Waals surface area contributed by atoms with Gasteiger partial charge in [0.2, 0.25) is 0 Å². The molecule has 20 heavy (non-hydrogen) atoms. The van der Waals surface area contributed by atoms with E-state index in [-0.39, 0.29) is 0 Å². The molecule has 0 saturated heterocycles. The van der Waals surface area contributed by atoms with Gasteiger partial charge < -0.3 is 4.57 Å². The SMILES string of the molecule is CCCCCCC(C)n1c(CCl)nc2cc(C)ccc21. The van der Waals surface area contributed by atoms with Crippen molar-refractivity contribution >= 4 is 22.6 Å². The predicted octanol–water partition coefficient (Wildman–Crippen LogP) is 5.61. The van der Waals surface area contributed by atoms with Crippen molar-refractivity contribution in [2.45, 2.75) is 64.8 Å². The number of unbranched alkanes of at least 4 members (excludes halogenated alkanes) is 3. The van der Waals surface area contributed by atoms with Gasteiger partial charge in [0.05, 0.1) is 16.9 Å². The summed E-state index contributed by atoms with van der Waals surface area (Å²) in [5.74, 6) is 1.47. The second-order valence-electron chi connectivity index (χ2n) is 5.72. The summed E-state index contributed by atoms with van der Waals surface area (Å²) < 4.78 is 2.33. The zero-order valence-corrected chi connectivity index (χ0v) is 13.6. The van der Waals surface area contributed by atoms with Crippen LogP contribution in [0.5, 0.6) is 0 Å². The van der Waals surface area contributed by atoms with Gasteiger partial charge in [0.25, 0.3) is 0 Å². The number of alkyl halides is 1. The highest BCUT2D eigenvalue weighted by Crippen LogP contribution is 2.26. The van der Waals surface area contributed by atoms with Gasteiger partial charge >= 0.3 is 0 Å². The maximum atomic E-state index is 6.09. The molecule has 0 aliphatic heterocycles. The molecule has 0 N–H and O–H groups in total. The molecule has 2 nitrogen and oxygen atoms in total. The smallest absolute Gasteiger partial charge is 0.125 e. The van der Waals surface area contributed by atoms with Crippen LogP contribution in [0.25, 0.3) is 11.0 Å². The lowest BCUT2D eigenvalue weighted by Crippen LogP contribution is -2.08. The Bertz CT molecular complexity index is 559. The van der Waals surface area contributed by atoms with Gasteiger partial charge in [0, 0.05) is 6.04 Å². The Kier molecular flexibility index (Phi) is 5.47. The van der Waals surface area contributed by atoms with E-state index in [4.69, 9.17) is 11.6 Å². The quantitative estimate of drug-likeness (QED) is 0.479. The van der Waals surface area contributed by atoms with E-state index in [2.05, 4.69) is 48.5 Å². The monoisotopic (exact) mass is 292 g/mol. The summed E-state index contributed by atoms with van der Waals surface area (Å²) in [6.45, 7) is 6.64. The largest absolute Gasteiger partial charge is 0.324 e. The Labute approximate surface area is 127 Å². The van der Waals surface area contributed by atoms with Crippen LogP contribution in [0, 0.1) is 6.92 Å². The minimum atomic E-state index is 0.466. The zero-order chi connectivity index (χ0) is 14.5. The Morgan fingerprint density at radius 1 is 1.25 bits per heavy atom. The van der Waals surface area contributed by atoms with E-state index >= 15 is 0 Å². The van der Waals surface area contributed by atoms with Crippen LogP contribution in [0.1, 0.15) is 63.4 Å². The number of imidazole rings is 1. The summed E-state index contributed by atoms with van der Waals surface area (Å²) in [7, 11) is 0. The fourth-order valence-corrected chi connectivity index (χ4v) is 3.03. The molecule has 110 valence electrons.